The van der Waals surface area contributed by atoms with E-state index in [1.54, 1.807) is 6.07 Å². The minimum atomic E-state index is -4.66. The molecular weight excluding hydrogens is 457 g/mol. The van der Waals surface area contributed by atoms with E-state index < -0.39 is 44.3 Å². The molecule has 0 amide bonds. The van der Waals surface area contributed by atoms with Gasteiger partial charge in [0.25, 0.3) is 10.0 Å². The van der Waals surface area contributed by atoms with E-state index in [0.717, 1.165) is 24.6 Å². The van der Waals surface area contributed by atoms with Crippen molar-refractivity contribution in [2.75, 3.05) is 24.4 Å². The SMILES string of the molecule is O=S(=O)(Nc1cc(S(=O)(=O)N2CCCCC2)ccc1OCC(F)(F)F)c1ccccc1. The number of halogens is 3. The van der Waals surface area contributed by atoms with Gasteiger partial charge in [0.1, 0.15) is 5.75 Å². The summed E-state index contributed by atoms with van der Waals surface area (Å²) in [6.07, 6.45) is -2.37. The number of ether oxygens (including phenoxy) is 1. The highest BCUT2D eigenvalue weighted by atomic mass is 32.2. The first-order valence-electron chi connectivity index (χ1n) is 9.41. The van der Waals surface area contributed by atoms with E-state index in [-0.39, 0.29) is 9.79 Å². The fourth-order valence-corrected chi connectivity index (χ4v) is 5.72. The van der Waals surface area contributed by atoms with Crippen LogP contribution in [0.25, 0.3) is 0 Å². The molecule has 0 aromatic heterocycles. The van der Waals surface area contributed by atoms with Crippen LogP contribution in [0, 0.1) is 0 Å². The van der Waals surface area contributed by atoms with E-state index in [2.05, 4.69) is 4.72 Å². The molecule has 7 nitrogen and oxygen atoms in total. The molecule has 2 aromatic carbocycles. The summed E-state index contributed by atoms with van der Waals surface area (Å²) in [4.78, 5) is -0.374. The fraction of sp³-hybridized carbons (Fsp3) is 0.368. The molecule has 0 bridgehead atoms. The van der Waals surface area contributed by atoms with Crippen molar-refractivity contribution >= 4 is 25.7 Å². The number of benzene rings is 2. The Morgan fingerprint density at radius 2 is 1.55 bits per heavy atom. The van der Waals surface area contributed by atoms with Crippen LogP contribution < -0.4 is 9.46 Å². The molecule has 3 rings (SSSR count). The zero-order valence-electron chi connectivity index (χ0n) is 16.3. The molecule has 0 spiro atoms. The van der Waals surface area contributed by atoms with Gasteiger partial charge in [0.15, 0.2) is 6.61 Å². The van der Waals surface area contributed by atoms with Crippen LogP contribution in [0.2, 0.25) is 0 Å². The van der Waals surface area contributed by atoms with Crippen LogP contribution in [-0.4, -0.2) is 47.0 Å². The number of nitrogens with zero attached hydrogens (tertiary/aromatic N) is 1. The van der Waals surface area contributed by atoms with Gasteiger partial charge in [-0.15, -0.1) is 0 Å². The molecule has 1 heterocycles. The minimum Gasteiger partial charge on any atom is -0.482 e. The molecule has 0 radical (unpaired) electrons. The van der Waals surface area contributed by atoms with Crippen molar-refractivity contribution in [3.63, 3.8) is 0 Å². The Hall–Kier alpha value is -2.31. The Morgan fingerprint density at radius 1 is 0.903 bits per heavy atom. The largest absolute Gasteiger partial charge is 0.482 e. The van der Waals surface area contributed by atoms with E-state index in [1.165, 1.54) is 28.6 Å². The van der Waals surface area contributed by atoms with Gasteiger partial charge in [0, 0.05) is 13.1 Å². The Balaban J connectivity index is 1.99. The minimum absolute atomic E-state index is 0.138. The highest BCUT2D eigenvalue weighted by molar-refractivity contribution is 7.92. The van der Waals surface area contributed by atoms with E-state index >= 15 is 0 Å². The van der Waals surface area contributed by atoms with Crippen LogP contribution in [0.3, 0.4) is 0 Å². The van der Waals surface area contributed by atoms with Gasteiger partial charge >= 0.3 is 6.18 Å². The van der Waals surface area contributed by atoms with Gasteiger partial charge in [0.2, 0.25) is 10.0 Å². The number of sulfonamides is 2. The van der Waals surface area contributed by atoms with Crippen LogP contribution in [0.5, 0.6) is 5.75 Å². The molecule has 1 aliphatic rings. The fourth-order valence-electron chi connectivity index (χ4n) is 3.09. The van der Waals surface area contributed by atoms with Gasteiger partial charge in [0.05, 0.1) is 15.5 Å². The lowest BCUT2D eigenvalue weighted by atomic mass is 10.2. The van der Waals surface area contributed by atoms with Crippen molar-refractivity contribution in [2.24, 2.45) is 0 Å². The monoisotopic (exact) mass is 478 g/mol. The zero-order chi connectivity index (χ0) is 22.7. The average molecular weight is 479 g/mol. The van der Waals surface area contributed by atoms with Crippen LogP contribution in [0.15, 0.2) is 58.3 Å². The molecular formula is C19H21F3N2O5S2. The van der Waals surface area contributed by atoms with Crippen molar-refractivity contribution in [3.8, 4) is 5.75 Å². The third-order valence-electron chi connectivity index (χ3n) is 4.59. The number of rotatable bonds is 7. The van der Waals surface area contributed by atoms with E-state index in [4.69, 9.17) is 4.74 Å². The van der Waals surface area contributed by atoms with Gasteiger partial charge < -0.3 is 4.74 Å². The van der Waals surface area contributed by atoms with Gasteiger partial charge in [-0.1, -0.05) is 24.6 Å². The maximum atomic E-state index is 12.9. The first kappa shape index (κ1) is 23.4. The van der Waals surface area contributed by atoms with Crippen molar-refractivity contribution in [3.05, 3.63) is 48.5 Å². The van der Waals surface area contributed by atoms with Crippen molar-refractivity contribution in [1.82, 2.24) is 4.31 Å². The molecule has 31 heavy (non-hydrogen) atoms. The lowest BCUT2D eigenvalue weighted by Gasteiger charge is -2.26. The molecule has 12 heteroatoms. The summed E-state index contributed by atoms with van der Waals surface area (Å²) in [7, 11) is -8.14. The Bertz CT molecular complexity index is 1110. The first-order chi connectivity index (χ1) is 14.5. The van der Waals surface area contributed by atoms with Crippen LogP contribution in [0.1, 0.15) is 19.3 Å². The summed E-state index contributed by atoms with van der Waals surface area (Å²) < 4.78 is 97.2. The lowest BCUT2D eigenvalue weighted by molar-refractivity contribution is -0.153. The number of nitrogens with one attached hydrogen (secondary N) is 1. The maximum absolute atomic E-state index is 12.9. The highest BCUT2D eigenvalue weighted by Gasteiger charge is 2.31. The predicted molar refractivity (Wildman–Crippen MR) is 108 cm³/mol. The highest BCUT2D eigenvalue weighted by Crippen LogP contribution is 2.33. The van der Waals surface area contributed by atoms with Gasteiger partial charge in [-0.25, -0.2) is 16.8 Å². The summed E-state index contributed by atoms with van der Waals surface area (Å²) in [5.74, 6) is -0.436. The molecule has 0 saturated carbocycles. The quantitative estimate of drug-likeness (QED) is 0.657. The number of hydrogen-bond donors (Lipinski definition) is 1. The molecule has 0 atom stereocenters. The molecule has 1 aliphatic heterocycles. The molecule has 0 aliphatic carbocycles. The number of alkyl halides is 3. The van der Waals surface area contributed by atoms with Crippen molar-refractivity contribution in [1.29, 1.82) is 0 Å². The molecule has 1 N–H and O–H groups in total. The zero-order valence-corrected chi connectivity index (χ0v) is 17.9. The molecule has 0 unspecified atom stereocenters. The standard InChI is InChI=1S/C19H21F3N2O5S2/c20-19(21,22)14-29-18-10-9-16(31(27,28)24-11-5-2-6-12-24)13-17(18)23-30(25,26)15-7-3-1-4-8-15/h1,3-4,7-10,13,23H,2,5-6,11-12,14H2. The van der Waals surface area contributed by atoms with Crippen LogP contribution in [0.4, 0.5) is 18.9 Å². The Labute approximate surface area is 178 Å². The molecule has 1 saturated heterocycles. The summed E-state index contributed by atoms with van der Waals surface area (Å²) in [6, 6.07) is 10.3. The molecule has 1 fully saturated rings. The van der Waals surface area contributed by atoms with E-state index in [1.807, 2.05) is 0 Å². The van der Waals surface area contributed by atoms with Crippen LogP contribution >= 0.6 is 0 Å². The Kier molecular flexibility index (Phi) is 6.82. The second-order valence-corrected chi connectivity index (χ2v) is 10.6. The van der Waals surface area contributed by atoms with E-state index in [0.29, 0.717) is 25.9 Å². The summed E-state index contributed by atoms with van der Waals surface area (Å²) in [5.41, 5.74) is -0.397. The van der Waals surface area contributed by atoms with Crippen molar-refractivity contribution < 1.29 is 34.7 Å². The molecule has 170 valence electrons. The predicted octanol–water partition coefficient (Wildman–Crippen LogP) is 3.60. The number of hydrogen-bond acceptors (Lipinski definition) is 5. The second kappa shape index (κ2) is 9.05. The average Bonchev–Trinajstić information content (AvgIpc) is 2.73. The van der Waals surface area contributed by atoms with Gasteiger partial charge in [-0.2, -0.15) is 17.5 Å². The lowest BCUT2D eigenvalue weighted by Crippen LogP contribution is -2.35. The summed E-state index contributed by atoms with van der Waals surface area (Å²) in [6.45, 7) is -1.02. The summed E-state index contributed by atoms with van der Waals surface area (Å²) >= 11 is 0. The van der Waals surface area contributed by atoms with Gasteiger partial charge in [-0.05, 0) is 43.2 Å². The number of piperidine rings is 1. The summed E-state index contributed by atoms with van der Waals surface area (Å²) in [5, 5.41) is 0. The third-order valence-corrected chi connectivity index (χ3v) is 7.87. The molecule has 2 aromatic rings. The first-order valence-corrected chi connectivity index (χ1v) is 12.3. The van der Waals surface area contributed by atoms with Crippen LogP contribution in [-0.2, 0) is 20.0 Å². The van der Waals surface area contributed by atoms with E-state index in [9.17, 15) is 30.0 Å². The number of anilines is 1. The topological polar surface area (TPSA) is 92.8 Å². The smallest absolute Gasteiger partial charge is 0.422 e. The maximum Gasteiger partial charge on any atom is 0.422 e. The Morgan fingerprint density at radius 3 is 2.16 bits per heavy atom. The second-order valence-electron chi connectivity index (χ2n) is 6.95. The van der Waals surface area contributed by atoms with Crippen molar-refractivity contribution in [2.45, 2.75) is 35.2 Å². The normalized spacial score (nSPS) is 16.1. The third kappa shape index (κ3) is 5.89. The van der Waals surface area contributed by atoms with Gasteiger partial charge in [-0.3, -0.25) is 4.72 Å².